The number of aliphatic imine (C=N–C) groups is 1. The molecule has 0 fully saturated rings. The van der Waals surface area contributed by atoms with Crippen LogP contribution in [0, 0.1) is 11.6 Å². The molecule has 1 aliphatic heterocycles. The topological polar surface area (TPSA) is 24.4 Å². The van der Waals surface area contributed by atoms with E-state index < -0.39 is 11.6 Å². The van der Waals surface area contributed by atoms with Crippen LogP contribution in [-0.2, 0) is 0 Å². The SMILES string of the molecule is CC1(C)CCSC(Nc2cc(Br)c(F)cc2F)=N1. The first-order valence-electron chi connectivity index (χ1n) is 5.52. The third kappa shape index (κ3) is 3.23. The second-order valence-corrected chi connectivity index (χ2v) is 6.64. The third-order valence-corrected chi connectivity index (χ3v) is 4.09. The van der Waals surface area contributed by atoms with Gasteiger partial charge in [0.05, 0.1) is 15.7 Å². The highest BCUT2D eigenvalue weighted by atomic mass is 79.9. The van der Waals surface area contributed by atoms with Gasteiger partial charge in [-0.3, -0.25) is 4.99 Å². The maximum Gasteiger partial charge on any atom is 0.161 e. The summed E-state index contributed by atoms with van der Waals surface area (Å²) in [6.45, 7) is 4.07. The van der Waals surface area contributed by atoms with E-state index in [1.807, 2.05) is 13.8 Å². The number of halogens is 3. The summed E-state index contributed by atoms with van der Waals surface area (Å²) >= 11 is 4.58. The third-order valence-electron chi connectivity index (χ3n) is 2.61. The number of anilines is 1. The van der Waals surface area contributed by atoms with E-state index in [1.54, 1.807) is 11.8 Å². The Morgan fingerprint density at radius 1 is 1.33 bits per heavy atom. The van der Waals surface area contributed by atoms with E-state index >= 15 is 0 Å². The van der Waals surface area contributed by atoms with Crippen molar-refractivity contribution in [2.45, 2.75) is 25.8 Å². The first kappa shape index (κ1) is 13.8. The number of benzene rings is 1. The second kappa shape index (κ2) is 5.17. The van der Waals surface area contributed by atoms with Gasteiger partial charge in [0.15, 0.2) is 5.17 Å². The Hall–Kier alpha value is -0.620. The lowest BCUT2D eigenvalue weighted by Gasteiger charge is -2.26. The fourth-order valence-corrected chi connectivity index (χ4v) is 3.19. The van der Waals surface area contributed by atoms with Crippen LogP contribution in [0.1, 0.15) is 20.3 Å². The van der Waals surface area contributed by atoms with E-state index in [9.17, 15) is 8.78 Å². The maximum absolute atomic E-state index is 13.6. The van der Waals surface area contributed by atoms with E-state index in [0.717, 1.165) is 18.2 Å². The summed E-state index contributed by atoms with van der Waals surface area (Å²) in [5.74, 6) is -0.304. The van der Waals surface area contributed by atoms with Gasteiger partial charge in [0.25, 0.3) is 0 Å². The summed E-state index contributed by atoms with van der Waals surface area (Å²) in [4.78, 5) is 4.50. The Kier molecular flexibility index (Phi) is 3.96. The smallest absolute Gasteiger partial charge is 0.161 e. The lowest BCUT2D eigenvalue weighted by atomic mass is 10.0. The first-order valence-corrected chi connectivity index (χ1v) is 7.29. The number of nitrogens with one attached hydrogen (secondary N) is 1. The van der Waals surface area contributed by atoms with Crippen molar-refractivity contribution in [3.8, 4) is 0 Å². The molecular formula is C12H13BrF2N2S. The first-order chi connectivity index (χ1) is 8.37. The normalized spacial score (nSPS) is 18.4. The largest absolute Gasteiger partial charge is 0.333 e. The molecule has 0 aromatic heterocycles. The molecule has 1 heterocycles. The van der Waals surface area contributed by atoms with Crippen molar-refractivity contribution in [3.63, 3.8) is 0 Å². The van der Waals surface area contributed by atoms with Crippen LogP contribution in [0.2, 0.25) is 0 Å². The Morgan fingerprint density at radius 3 is 2.72 bits per heavy atom. The van der Waals surface area contributed by atoms with Gasteiger partial charge in [-0.1, -0.05) is 11.8 Å². The molecular weight excluding hydrogens is 322 g/mol. The highest BCUT2D eigenvalue weighted by molar-refractivity contribution is 9.10. The quantitative estimate of drug-likeness (QED) is 0.769. The zero-order valence-electron chi connectivity index (χ0n) is 10.1. The van der Waals surface area contributed by atoms with E-state index in [-0.39, 0.29) is 15.7 Å². The Morgan fingerprint density at radius 2 is 2.06 bits per heavy atom. The van der Waals surface area contributed by atoms with Crippen LogP contribution in [0.4, 0.5) is 14.5 Å². The van der Waals surface area contributed by atoms with Gasteiger partial charge >= 0.3 is 0 Å². The molecule has 1 N–H and O–H groups in total. The Labute approximate surface area is 117 Å². The van der Waals surface area contributed by atoms with Crippen molar-refractivity contribution < 1.29 is 8.78 Å². The van der Waals surface area contributed by atoms with E-state index in [2.05, 4.69) is 26.2 Å². The summed E-state index contributed by atoms with van der Waals surface area (Å²) in [6, 6.07) is 2.24. The molecule has 0 aliphatic carbocycles. The molecule has 18 heavy (non-hydrogen) atoms. The molecule has 1 aliphatic rings. The highest BCUT2D eigenvalue weighted by Gasteiger charge is 2.23. The van der Waals surface area contributed by atoms with Gasteiger partial charge in [-0.25, -0.2) is 8.78 Å². The number of rotatable bonds is 1. The van der Waals surface area contributed by atoms with Crippen molar-refractivity contribution in [3.05, 3.63) is 28.2 Å². The molecule has 2 nitrogen and oxygen atoms in total. The molecule has 0 spiro atoms. The monoisotopic (exact) mass is 334 g/mol. The summed E-state index contributed by atoms with van der Waals surface area (Å²) < 4.78 is 26.9. The highest BCUT2D eigenvalue weighted by Crippen LogP contribution is 2.29. The molecule has 98 valence electrons. The van der Waals surface area contributed by atoms with Crippen LogP contribution in [-0.4, -0.2) is 16.5 Å². The molecule has 0 saturated carbocycles. The van der Waals surface area contributed by atoms with Gasteiger partial charge in [0.1, 0.15) is 11.6 Å². The summed E-state index contributed by atoms with van der Waals surface area (Å²) in [7, 11) is 0. The molecule has 1 aromatic rings. The number of amidine groups is 1. The lowest BCUT2D eigenvalue weighted by molar-refractivity contribution is 0.507. The van der Waals surface area contributed by atoms with Crippen molar-refractivity contribution >= 4 is 38.5 Å². The van der Waals surface area contributed by atoms with Gasteiger partial charge in [-0.2, -0.15) is 0 Å². The predicted molar refractivity (Wildman–Crippen MR) is 76.3 cm³/mol. The van der Waals surface area contributed by atoms with E-state index in [0.29, 0.717) is 5.17 Å². The van der Waals surface area contributed by atoms with Crippen molar-refractivity contribution in [1.82, 2.24) is 0 Å². The maximum atomic E-state index is 13.6. The molecule has 0 bridgehead atoms. The molecule has 0 unspecified atom stereocenters. The van der Waals surface area contributed by atoms with Crippen molar-refractivity contribution in [2.75, 3.05) is 11.1 Å². The average Bonchev–Trinajstić information content (AvgIpc) is 2.24. The Balaban J connectivity index is 2.24. The van der Waals surface area contributed by atoms with Gasteiger partial charge < -0.3 is 5.32 Å². The van der Waals surface area contributed by atoms with Crippen LogP contribution in [0.25, 0.3) is 0 Å². The van der Waals surface area contributed by atoms with Crippen molar-refractivity contribution in [2.24, 2.45) is 4.99 Å². The summed E-state index contributed by atoms with van der Waals surface area (Å²) in [6.07, 6.45) is 0.985. The minimum Gasteiger partial charge on any atom is -0.333 e. The van der Waals surface area contributed by atoms with E-state index in [1.165, 1.54) is 6.07 Å². The lowest BCUT2D eigenvalue weighted by Crippen LogP contribution is -2.27. The van der Waals surface area contributed by atoms with Gasteiger partial charge in [-0.15, -0.1) is 0 Å². The van der Waals surface area contributed by atoms with Crippen LogP contribution in [0.15, 0.2) is 21.6 Å². The molecule has 0 radical (unpaired) electrons. The minimum absolute atomic E-state index is 0.138. The molecule has 0 atom stereocenters. The fourth-order valence-electron chi connectivity index (χ4n) is 1.56. The molecule has 6 heteroatoms. The number of nitrogens with zero attached hydrogens (tertiary/aromatic N) is 1. The van der Waals surface area contributed by atoms with E-state index in [4.69, 9.17) is 0 Å². The fraction of sp³-hybridized carbons (Fsp3) is 0.417. The molecule has 0 amide bonds. The average molecular weight is 335 g/mol. The standard InChI is InChI=1S/C12H13BrF2N2S/c1-12(2)3-4-18-11(17-12)16-10-5-7(13)8(14)6-9(10)15/h5-6H,3-4H2,1-2H3,(H,16,17). The van der Waals surface area contributed by atoms with Crippen LogP contribution >= 0.6 is 27.7 Å². The Bertz CT molecular complexity index is 503. The summed E-state index contributed by atoms with van der Waals surface area (Å²) in [5.41, 5.74) is 0.0913. The zero-order valence-corrected chi connectivity index (χ0v) is 12.5. The molecule has 0 saturated heterocycles. The van der Waals surface area contributed by atoms with Crippen LogP contribution < -0.4 is 5.32 Å². The number of hydrogen-bond acceptors (Lipinski definition) is 3. The van der Waals surface area contributed by atoms with Gasteiger partial charge in [0, 0.05) is 11.8 Å². The number of hydrogen-bond donors (Lipinski definition) is 1. The minimum atomic E-state index is -0.623. The van der Waals surface area contributed by atoms with Gasteiger partial charge in [-0.05, 0) is 42.3 Å². The van der Waals surface area contributed by atoms with Crippen molar-refractivity contribution in [1.29, 1.82) is 0 Å². The van der Waals surface area contributed by atoms with Gasteiger partial charge in [0.2, 0.25) is 0 Å². The zero-order chi connectivity index (χ0) is 13.3. The van der Waals surface area contributed by atoms with Crippen LogP contribution in [0.5, 0.6) is 0 Å². The second-order valence-electron chi connectivity index (χ2n) is 4.70. The predicted octanol–water partition coefficient (Wildman–Crippen LogP) is 4.41. The number of thioether (sulfide) groups is 1. The molecule has 1 aromatic carbocycles. The van der Waals surface area contributed by atoms with Crippen LogP contribution in [0.3, 0.4) is 0 Å². The summed E-state index contributed by atoms with van der Waals surface area (Å²) in [5, 5.41) is 3.58. The molecule has 2 rings (SSSR count).